The van der Waals surface area contributed by atoms with E-state index >= 15 is 0 Å². The number of primary amides is 1. The van der Waals surface area contributed by atoms with Crippen molar-refractivity contribution in [3.63, 3.8) is 0 Å². The quantitative estimate of drug-likeness (QED) is 0.834. The summed E-state index contributed by atoms with van der Waals surface area (Å²) in [5, 5.41) is 0. The summed E-state index contributed by atoms with van der Waals surface area (Å²) >= 11 is 0. The van der Waals surface area contributed by atoms with Crippen LogP contribution >= 0.6 is 0 Å². The number of nitrogens with zero attached hydrogens (tertiary/aromatic N) is 2. The number of amides is 1. The van der Waals surface area contributed by atoms with Crippen molar-refractivity contribution in [3.8, 4) is 0 Å². The fourth-order valence-electron chi connectivity index (χ4n) is 4.46. The number of nitrogens with two attached hydrogens (primary N) is 1. The number of carbonyl (C=O) groups is 1. The predicted molar refractivity (Wildman–Crippen MR) is 75.7 cm³/mol. The number of rotatable bonds is 3. The molecule has 0 saturated carbocycles. The van der Waals surface area contributed by atoms with Crippen molar-refractivity contribution >= 4 is 5.91 Å². The highest BCUT2D eigenvalue weighted by molar-refractivity contribution is 5.80. The Labute approximate surface area is 116 Å². The van der Waals surface area contributed by atoms with Gasteiger partial charge in [-0.25, -0.2) is 0 Å². The summed E-state index contributed by atoms with van der Waals surface area (Å²) in [4.78, 5) is 16.6. The molecule has 3 fully saturated rings. The van der Waals surface area contributed by atoms with Crippen LogP contribution in [0.4, 0.5) is 0 Å². The van der Waals surface area contributed by atoms with Crippen LogP contribution in [0.1, 0.15) is 44.9 Å². The third-order valence-electron chi connectivity index (χ3n) is 5.39. The molecule has 0 aromatic rings. The van der Waals surface area contributed by atoms with Gasteiger partial charge in [-0.2, -0.15) is 0 Å². The van der Waals surface area contributed by atoms with Gasteiger partial charge in [-0.15, -0.1) is 0 Å². The van der Waals surface area contributed by atoms with Gasteiger partial charge in [0.1, 0.15) is 0 Å². The van der Waals surface area contributed by atoms with Gasteiger partial charge in [0.25, 0.3) is 0 Å². The molecule has 1 amide bonds. The molecule has 3 saturated heterocycles. The lowest BCUT2D eigenvalue weighted by molar-refractivity contribution is -0.122. The molecule has 0 spiro atoms. The molecular formula is C15H27N3O. The van der Waals surface area contributed by atoms with Gasteiger partial charge in [-0.1, -0.05) is 6.42 Å². The molecule has 0 unspecified atom stereocenters. The van der Waals surface area contributed by atoms with Crippen LogP contribution in [-0.4, -0.2) is 54.0 Å². The Balaban J connectivity index is 1.63. The number of piperidine rings is 2. The molecule has 2 N–H and O–H groups in total. The van der Waals surface area contributed by atoms with E-state index in [0.717, 1.165) is 37.9 Å². The normalized spacial score (nSPS) is 37.2. The van der Waals surface area contributed by atoms with E-state index in [-0.39, 0.29) is 11.9 Å². The third kappa shape index (κ3) is 2.79. The Morgan fingerprint density at radius 1 is 1.00 bits per heavy atom. The minimum absolute atomic E-state index is 0.0129. The van der Waals surface area contributed by atoms with Gasteiger partial charge in [0.05, 0.1) is 6.04 Å². The van der Waals surface area contributed by atoms with Crippen LogP contribution in [-0.2, 0) is 4.79 Å². The molecule has 3 heterocycles. The molecule has 4 nitrogen and oxygen atoms in total. The largest absolute Gasteiger partial charge is 0.368 e. The minimum Gasteiger partial charge on any atom is -0.368 e. The van der Waals surface area contributed by atoms with E-state index in [1.54, 1.807) is 0 Å². The molecule has 3 aliphatic heterocycles. The molecule has 3 atom stereocenters. The summed E-state index contributed by atoms with van der Waals surface area (Å²) in [6.07, 6.45) is 8.89. The minimum atomic E-state index is -0.117. The van der Waals surface area contributed by atoms with Crippen molar-refractivity contribution in [2.45, 2.75) is 57.0 Å². The fourth-order valence-corrected chi connectivity index (χ4v) is 4.46. The molecular weight excluding hydrogens is 238 g/mol. The lowest BCUT2D eigenvalue weighted by atomic mass is 9.83. The molecule has 3 rings (SSSR count). The van der Waals surface area contributed by atoms with Crippen molar-refractivity contribution in [2.24, 2.45) is 11.7 Å². The molecule has 19 heavy (non-hydrogen) atoms. The average molecular weight is 265 g/mol. The first kappa shape index (κ1) is 13.4. The summed E-state index contributed by atoms with van der Waals surface area (Å²) in [5.41, 5.74) is 5.53. The molecule has 0 aromatic carbocycles. The number of fused-ring (bicyclic) bond motifs is 1. The Morgan fingerprint density at radius 2 is 1.79 bits per heavy atom. The van der Waals surface area contributed by atoms with Crippen molar-refractivity contribution in [2.75, 3.05) is 26.2 Å². The van der Waals surface area contributed by atoms with Gasteiger partial charge in [-0.3, -0.25) is 9.69 Å². The summed E-state index contributed by atoms with van der Waals surface area (Å²) in [7, 11) is 0. The second kappa shape index (κ2) is 5.80. The summed E-state index contributed by atoms with van der Waals surface area (Å²) < 4.78 is 0. The zero-order valence-electron chi connectivity index (χ0n) is 11.9. The lowest BCUT2D eigenvalue weighted by Gasteiger charge is -2.45. The van der Waals surface area contributed by atoms with Crippen LogP contribution < -0.4 is 5.73 Å². The highest BCUT2D eigenvalue weighted by Gasteiger charge is 2.37. The molecule has 0 aromatic heterocycles. The van der Waals surface area contributed by atoms with E-state index in [9.17, 15) is 4.79 Å². The molecule has 0 radical (unpaired) electrons. The Hall–Kier alpha value is -0.610. The van der Waals surface area contributed by atoms with Crippen LogP contribution in [0.3, 0.4) is 0 Å². The van der Waals surface area contributed by atoms with Crippen molar-refractivity contribution in [1.82, 2.24) is 9.80 Å². The molecule has 0 aliphatic carbocycles. The second-order valence-electron chi connectivity index (χ2n) is 6.56. The molecule has 4 heteroatoms. The van der Waals surface area contributed by atoms with Gasteiger partial charge in [-0.05, 0) is 64.1 Å². The summed E-state index contributed by atoms with van der Waals surface area (Å²) in [6.45, 7) is 4.74. The van der Waals surface area contributed by atoms with E-state index in [0.29, 0.717) is 0 Å². The van der Waals surface area contributed by atoms with Crippen molar-refractivity contribution in [3.05, 3.63) is 0 Å². The van der Waals surface area contributed by atoms with Gasteiger partial charge in [0, 0.05) is 12.6 Å². The topological polar surface area (TPSA) is 49.6 Å². The standard InChI is InChI=1S/C15H27N3O/c16-15(19)14-7-4-10-18(14)11-12-5-3-9-17-8-2-1-6-13(12)17/h12-14H,1-11H2,(H2,16,19)/t12-,13+,14-/m0/s1. The maximum atomic E-state index is 11.5. The molecule has 0 bridgehead atoms. The van der Waals surface area contributed by atoms with Crippen LogP contribution in [0.5, 0.6) is 0 Å². The first-order valence-corrected chi connectivity index (χ1v) is 8.03. The first-order valence-electron chi connectivity index (χ1n) is 8.03. The van der Waals surface area contributed by atoms with Gasteiger partial charge in [0.15, 0.2) is 0 Å². The molecule has 3 aliphatic rings. The maximum Gasteiger partial charge on any atom is 0.234 e. The number of hydrogen-bond donors (Lipinski definition) is 1. The van der Waals surface area contributed by atoms with Gasteiger partial charge >= 0.3 is 0 Å². The predicted octanol–water partition coefficient (Wildman–Crippen LogP) is 1.20. The average Bonchev–Trinajstić information content (AvgIpc) is 2.87. The summed E-state index contributed by atoms with van der Waals surface area (Å²) in [6, 6.07) is 0.788. The highest BCUT2D eigenvalue weighted by atomic mass is 16.1. The van der Waals surface area contributed by atoms with Crippen LogP contribution in [0.25, 0.3) is 0 Å². The lowest BCUT2D eigenvalue weighted by Crippen LogP contribution is -2.52. The fraction of sp³-hybridized carbons (Fsp3) is 0.933. The first-order chi connectivity index (χ1) is 9.25. The van der Waals surface area contributed by atoms with E-state index < -0.39 is 0 Å². The van der Waals surface area contributed by atoms with Crippen LogP contribution in [0, 0.1) is 5.92 Å². The van der Waals surface area contributed by atoms with E-state index in [4.69, 9.17) is 5.73 Å². The number of carbonyl (C=O) groups excluding carboxylic acids is 1. The zero-order chi connectivity index (χ0) is 13.2. The Kier molecular flexibility index (Phi) is 4.08. The number of hydrogen-bond acceptors (Lipinski definition) is 3. The highest BCUT2D eigenvalue weighted by Crippen LogP contribution is 2.32. The van der Waals surface area contributed by atoms with Gasteiger partial charge in [0.2, 0.25) is 5.91 Å². The Bertz CT molecular complexity index is 331. The van der Waals surface area contributed by atoms with Crippen molar-refractivity contribution in [1.29, 1.82) is 0 Å². The van der Waals surface area contributed by atoms with Crippen molar-refractivity contribution < 1.29 is 4.79 Å². The van der Waals surface area contributed by atoms with E-state index in [1.807, 2.05) is 0 Å². The van der Waals surface area contributed by atoms with Crippen LogP contribution in [0.2, 0.25) is 0 Å². The van der Waals surface area contributed by atoms with E-state index in [1.165, 1.54) is 45.2 Å². The Morgan fingerprint density at radius 3 is 2.63 bits per heavy atom. The maximum absolute atomic E-state index is 11.5. The van der Waals surface area contributed by atoms with Gasteiger partial charge < -0.3 is 10.6 Å². The zero-order valence-corrected chi connectivity index (χ0v) is 11.9. The monoisotopic (exact) mass is 265 g/mol. The summed E-state index contributed by atoms with van der Waals surface area (Å²) in [5.74, 6) is 0.641. The number of likely N-dealkylation sites (tertiary alicyclic amines) is 1. The molecule has 108 valence electrons. The second-order valence-corrected chi connectivity index (χ2v) is 6.56. The van der Waals surface area contributed by atoms with Crippen LogP contribution in [0.15, 0.2) is 0 Å². The smallest absolute Gasteiger partial charge is 0.234 e. The SMILES string of the molecule is NC(=O)[C@@H]1CCCN1C[C@@H]1CCCN2CCCC[C@H]12. The third-order valence-corrected chi connectivity index (χ3v) is 5.39. The van der Waals surface area contributed by atoms with E-state index in [2.05, 4.69) is 9.80 Å².